The second kappa shape index (κ2) is 11.1. The molecule has 0 aliphatic rings. The Morgan fingerprint density at radius 2 is 1.07 bits per heavy atom. The van der Waals surface area contributed by atoms with E-state index in [0.29, 0.717) is 0 Å². The summed E-state index contributed by atoms with van der Waals surface area (Å²) in [4.78, 5) is 18.0. The molecule has 46 heavy (non-hydrogen) atoms. The number of aromatic hydroxyl groups is 2. The third kappa shape index (κ3) is 4.68. The fourth-order valence-corrected chi connectivity index (χ4v) is 8.57. The van der Waals surface area contributed by atoms with Crippen LogP contribution in [0.3, 0.4) is 0 Å². The lowest BCUT2D eigenvalue weighted by molar-refractivity contribution is 0.103. The van der Waals surface area contributed by atoms with Gasteiger partial charge in [-0.1, -0.05) is 54.6 Å². The number of sulfone groups is 2. The molecule has 224 valence electrons. The summed E-state index contributed by atoms with van der Waals surface area (Å²) < 4.78 is 57.1. The van der Waals surface area contributed by atoms with E-state index in [1.165, 1.54) is 72.8 Å². The van der Waals surface area contributed by atoms with Crippen molar-refractivity contribution in [2.75, 3.05) is 0 Å². The summed E-state index contributed by atoms with van der Waals surface area (Å²) in [5.74, 6) is -1.62. The van der Waals surface area contributed by atoms with Gasteiger partial charge in [0, 0.05) is 44.8 Å². The minimum Gasteiger partial charge on any atom is -0.501 e. The molecule has 0 unspecified atom stereocenters. The quantitative estimate of drug-likeness (QED) is 0.139. The van der Waals surface area contributed by atoms with Gasteiger partial charge in [0.05, 0.1) is 19.6 Å². The third-order valence-corrected chi connectivity index (χ3v) is 11.2. The largest absolute Gasteiger partial charge is 0.501 e. The fraction of sp³-hybridized carbons (Fsp3) is 0. The number of nitrogens with zero attached hydrogens (tertiary/aromatic N) is 4. The molecule has 13 heteroatoms. The Hall–Kier alpha value is -6.15. The van der Waals surface area contributed by atoms with Crippen molar-refractivity contribution in [1.82, 2.24) is 0 Å². The van der Waals surface area contributed by atoms with Gasteiger partial charge in [0.2, 0.25) is 42.0 Å². The van der Waals surface area contributed by atoms with Crippen LogP contribution in [-0.2, 0) is 19.7 Å². The molecular weight excluding hydrogens is 629 g/mol. The molecule has 2 N–H and O–H groups in total. The molecule has 0 aliphatic heterocycles. The summed E-state index contributed by atoms with van der Waals surface area (Å²) >= 11 is 0. The maximum atomic E-state index is 14.4. The Balaban J connectivity index is 1.62. The van der Waals surface area contributed by atoms with Gasteiger partial charge in [-0.15, -0.1) is 0 Å². The van der Waals surface area contributed by atoms with E-state index in [0.717, 1.165) is 18.2 Å². The Morgan fingerprint density at radius 1 is 0.543 bits per heavy atom. The number of hydrogen-bond donors (Lipinski definition) is 2. The van der Waals surface area contributed by atoms with Crippen LogP contribution in [-0.4, -0.2) is 32.8 Å². The average Bonchev–Trinajstić information content (AvgIpc) is 3.08. The smallest absolute Gasteiger partial charge is 0.426 e. The highest BCUT2D eigenvalue weighted by molar-refractivity contribution is 7.92. The van der Waals surface area contributed by atoms with Crippen LogP contribution in [0.1, 0.15) is 15.9 Å². The molecule has 0 atom stereocenters. The summed E-state index contributed by atoms with van der Waals surface area (Å²) in [7, 11) is -9.17. The van der Waals surface area contributed by atoms with Crippen LogP contribution in [0.15, 0.2) is 129 Å². The first-order chi connectivity index (χ1) is 22.0. The Labute approximate surface area is 261 Å². The van der Waals surface area contributed by atoms with Gasteiger partial charge in [0.1, 0.15) is 0 Å². The van der Waals surface area contributed by atoms with Gasteiger partial charge in [-0.05, 0) is 42.5 Å². The lowest BCUT2D eigenvalue weighted by Gasteiger charge is -2.15. The molecule has 6 aromatic rings. The van der Waals surface area contributed by atoms with Crippen molar-refractivity contribution >= 4 is 58.4 Å². The first kappa shape index (κ1) is 29.9. The summed E-state index contributed by atoms with van der Waals surface area (Å²) in [6, 6.07) is 24.2. The van der Waals surface area contributed by atoms with Gasteiger partial charge >= 0.3 is 11.4 Å². The summed E-state index contributed by atoms with van der Waals surface area (Å²) in [6.45, 7) is 0. The molecule has 6 rings (SSSR count). The number of ketones is 1. The van der Waals surface area contributed by atoms with Crippen molar-refractivity contribution in [1.29, 1.82) is 10.8 Å². The molecule has 0 saturated heterocycles. The number of fused-ring (bicyclic) bond motifs is 2. The van der Waals surface area contributed by atoms with E-state index in [4.69, 9.17) is 0 Å². The molecule has 6 aromatic carbocycles. The van der Waals surface area contributed by atoms with Crippen molar-refractivity contribution in [2.45, 2.75) is 19.6 Å². The van der Waals surface area contributed by atoms with E-state index in [-0.39, 0.29) is 53.8 Å². The molecule has 0 aromatic heterocycles. The number of phenolic OH excluding ortho intramolecular Hbond substituents is 2. The molecule has 0 amide bonds. The zero-order chi connectivity index (χ0) is 32.8. The topological polar surface area (TPSA) is 182 Å². The molecule has 0 heterocycles. The van der Waals surface area contributed by atoms with E-state index in [2.05, 4.69) is 9.95 Å². The lowest BCUT2D eigenvalue weighted by atomic mass is 10.0. The number of diazo groups is 2. The second-order valence-corrected chi connectivity index (χ2v) is 13.9. The third-order valence-electron chi connectivity index (χ3n) is 7.57. The van der Waals surface area contributed by atoms with Gasteiger partial charge in [0.25, 0.3) is 0 Å². The minimum atomic E-state index is -4.68. The van der Waals surface area contributed by atoms with Crippen molar-refractivity contribution in [3.05, 3.63) is 130 Å². The first-order valence-corrected chi connectivity index (χ1v) is 16.4. The summed E-state index contributed by atoms with van der Waals surface area (Å²) in [5, 5.41) is 39.8. The Kier molecular flexibility index (Phi) is 7.21. The van der Waals surface area contributed by atoms with Crippen LogP contribution in [0, 0.1) is 10.8 Å². The predicted molar refractivity (Wildman–Crippen MR) is 168 cm³/mol. The van der Waals surface area contributed by atoms with Crippen molar-refractivity contribution in [2.24, 2.45) is 0 Å². The molecule has 0 aliphatic carbocycles. The maximum absolute atomic E-state index is 14.4. The molecule has 0 spiro atoms. The van der Waals surface area contributed by atoms with E-state index in [9.17, 15) is 42.6 Å². The number of benzene rings is 6. The van der Waals surface area contributed by atoms with Crippen LogP contribution in [0.5, 0.6) is 11.5 Å². The van der Waals surface area contributed by atoms with E-state index in [1.807, 2.05) is 0 Å². The number of phenols is 2. The first-order valence-electron chi connectivity index (χ1n) is 13.4. The zero-order valence-electron chi connectivity index (χ0n) is 23.4. The second-order valence-electron chi connectivity index (χ2n) is 10.1. The Bertz CT molecular complexity index is 2570. The Morgan fingerprint density at radius 3 is 1.59 bits per heavy atom. The highest BCUT2D eigenvalue weighted by Gasteiger charge is 2.32. The number of carbonyl (C=O) groups excluding carboxylic acids is 1. The maximum Gasteiger partial charge on any atom is 0.426 e. The van der Waals surface area contributed by atoms with Crippen LogP contribution in [0.25, 0.3) is 31.5 Å². The highest BCUT2D eigenvalue weighted by atomic mass is 32.2. The van der Waals surface area contributed by atoms with Gasteiger partial charge in [-0.2, -0.15) is 0 Å². The molecular formula is C33H20N4O7S2+2. The van der Waals surface area contributed by atoms with Crippen LogP contribution in [0.2, 0.25) is 0 Å². The van der Waals surface area contributed by atoms with Crippen molar-refractivity contribution in [3.8, 4) is 11.5 Å². The SMILES string of the molecule is N#[N+]c1ccc2c(S(=O)(=O)c3ccc(C(=O)c4ccccc4)c(S(=O)(=O)c4cccc5c(O)c([N+]#N)ccc45)c3)cccc2c1O. The van der Waals surface area contributed by atoms with E-state index in [1.54, 1.807) is 18.2 Å². The lowest BCUT2D eigenvalue weighted by Crippen LogP contribution is -2.13. The standard InChI is InChI=1S/C33H18N4O7S2/c34-36-26-16-14-21-23(32(26)39)8-4-10-28(21)45(41,42)20-12-13-25(31(38)19-6-2-1-3-7-19)30(18-20)46(43,44)29-11-5-9-24-22(29)15-17-27(37-35)33(24)40/h1-18H/p+2. The van der Waals surface area contributed by atoms with Gasteiger partial charge in [-0.25, -0.2) is 16.8 Å². The zero-order valence-corrected chi connectivity index (χ0v) is 25.1. The monoisotopic (exact) mass is 648 g/mol. The summed E-state index contributed by atoms with van der Waals surface area (Å²) in [5.41, 5.74) is -0.511. The number of carbonyl (C=O) groups is 1. The van der Waals surface area contributed by atoms with E-state index < -0.39 is 46.7 Å². The fourth-order valence-electron chi connectivity index (χ4n) is 5.30. The molecule has 0 radical (unpaired) electrons. The van der Waals surface area contributed by atoms with Crippen LogP contribution >= 0.6 is 0 Å². The average molecular weight is 649 g/mol. The molecule has 11 nitrogen and oxygen atoms in total. The minimum absolute atomic E-state index is 0.0356. The van der Waals surface area contributed by atoms with Crippen LogP contribution < -0.4 is 0 Å². The predicted octanol–water partition coefficient (Wildman–Crippen LogP) is 7.27. The van der Waals surface area contributed by atoms with E-state index >= 15 is 0 Å². The van der Waals surface area contributed by atoms with Crippen LogP contribution in [0.4, 0.5) is 11.4 Å². The highest BCUT2D eigenvalue weighted by Crippen LogP contribution is 2.41. The van der Waals surface area contributed by atoms with Gasteiger partial charge < -0.3 is 10.2 Å². The van der Waals surface area contributed by atoms with Gasteiger partial charge in [-0.3, -0.25) is 4.79 Å². The van der Waals surface area contributed by atoms with Crippen molar-refractivity contribution < 1.29 is 31.8 Å². The normalized spacial score (nSPS) is 11.6. The van der Waals surface area contributed by atoms with Gasteiger partial charge in [0.15, 0.2) is 15.7 Å². The number of hydrogen-bond acceptors (Lipinski definition) is 9. The number of rotatable bonds is 6. The molecule has 0 fully saturated rings. The molecule has 0 saturated carbocycles. The van der Waals surface area contributed by atoms with Crippen molar-refractivity contribution in [3.63, 3.8) is 0 Å². The summed E-state index contributed by atoms with van der Waals surface area (Å²) in [6.07, 6.45) is 0. The molecule has 0 bridgehead atoms.